The molecule has 0 bridgehead atoms. The molecule has 5 heteroatoms. The van der Waals surface area contributed by atoms with Crippen LogP contribution < -0.4 is 11.3 Å². The van der Waals surface area contributed by atoms with Gasteiger partial charge in [-0.15, -0.1) is 0 Å². The molecule has 2 N–H and O–H groups in total. The fraction of sp³-hybridized carbons (Fsp3) is 0.500. The fourth-order valence-electron chi connectivity index (χ4n) is 2.25. The maximum Gasteiger partial charge on any atom is 0.273 e. The monoisotopic (exact) mass is 232 g/mol. The highest BCUT2D eigenvalue weighted by Gasteiger charge is 2.24. The van der Waals surface area contributed by atoms with Crippen LogP contribution in [0.15, 0.2) is 23.1 Å². The van der Waals surface area contributed by atoms with Gasteiger partial charge in [-0.2, -0.15) is 0 Å². The highest BCUT2D eigenvalue weighted by atomic mass is 16.1. The minimum atomic E-state index is -0.107. The Labute approximate surface area is 100 Å². The number of nitrogen functional groups attached to an aromatic ring is 1. The van der Waals surface area contributed by atoms with Gasteiger partial charge in [0, 0.05) is 19.3 Å². The molecule has 0 unspecified atom stereocenters. The standard InChI is InChI=1S/C12H16N4O/c1-14-5-8-15-7-4-10(9-15)16-6-2-3-11(13)12(16)17/h2-3,6,10H,4-5,7-9,13H2/t10-/m0/s1. The summed E-state index contributed by atoms with van der Waals surface area (Å²) in [4.78, 5) is 17.4. The molecule has 1 saturated heterocycles. The molecule has 1 atom stereocenters. The van der Waals surface area contributed by atoms with Gasteiger partial charge in [0.25, 0.3) is 5.56 Å². The first kappa shape index (κ1) is 11.7. The van der Waals surface area contributed by atoms with Crippen LogP contribution >= 0.6 is 0 Å². The second-order valence-corrected chi connectivity index (χ2v) is 4.30. The molecule has 5 nitrogen and oxygen atoms in total. The Morgan fingerprint density at radius 2 is 2.41 bits per heavy atom. The summed E-state index contributed by atoms with van der Waals surface area (Å²) in [5.41, 5.74) is 5.81. The van der Waals surface area contributed by atoms with Gasteiger partial charge in [-0.05, 0) is 18.6 Å². The molecule has 17 heavy (non-hydrogen) atoms. The zero-order valence-corrected chi connectivity index (χ0v) is 9.67. The van der Waals surface area contributed by atoms with Crippen LogP contribution in [0, 0.1) is 6.57 Å². The van der Waals surface area contributed by atoms with E-state index >= 15 is 0 Å². The zero-order chi connectivity index (χ0) is 12.3. The molecule has 2 heterocycles. The Balaban J connectivity index is 2.08. The minimum absolute atomic E-state index is 0.107. The Bertz CT molecular complexity index is 488. The lowest BCUT2D eigenvalue weighted by Crippen LogP contribution is -2.29. The molecule has 0 aliphatic carbocycles. The molecular formula is C12H16N4O. The van der Waals surface area contributed by atoms with E-state index in [4.69, 9.17) is 12.3 Å². The Morgan fingerprint density at radius 1 is 1.59 bits per heavy atom. The number of rotatable bonds is 3. The van der Waals surface area contributed by atoms with Crippen LogP contribution in [0.1, 0.15) is 12.5 Å². The third-order valence-electron chi connectivity index (χ3n) is 3.17. The number of nitrogens with two attached hydrogens (primary N) is 1. The van der Waals surface area contributed by atoms with E-state index in [0.717, 1.165) is 26.1 Å². The second-order valence-electron chi connectivity index (χ2n) is 4.30. The van der Waals surface area contributed by atoms with Crippen LogP contribution in [0.2, 0.25) is 0 Å². The first-order valence-corrected chi connectivity index (χ1v) is 5.74. The average Bonchev–Trinajstić information content (AvgIpc) is 2.78. The van der Waals surface area contributed by atoms with Crippen molar-refractivity contribution >= 4 is 5.69 Å². The average molecular weight is 232 g/mol. The maximum atomic E-state index is 11.8. The molecule has 2 rings (SSSR count). The lowest BCUT2D eigenvalue weighted by atomic mass is 10.2. The Kier molecular flexibility index (Phi) is 3.45. The Morgan fingerprint density at radius 3 is 3.18 bits per heavy atom. The molecule has 0 spiro atoms. The summed E-state index contributed by atoms with van der Waals surface area (Å²) in [6.07, 6.45) is 2.74. The number of likely N-dealkylation sites (tertiary alicyclic amines) is 1. The largest absolute Gasteiger partial charge is 0.394 e. The number of nitrogens with zero attached hydrogens (tertiary/aromatic N) is 3. The van der Waals surface area contributed by atoms with Gasteiger partial charge in [0.15, 0.2) is 0 Å². The van der Waals surface area contributed by atoms with Gasteiger partial charge >= 0.3 is 0 Å². The lowest BCUT2D eigenvalue weighted by molar-refractivity contribution is 0.337. The third-order valence-corrected chi connectivity index (χ3v) is 3.17. The summed E-state index contributed by atoms with van der Waals surface area (Å²) < 4.78 is 1.72. The normalized spacial score (nSPS) is 20.3. The molecule has 1 aliphatic rings. The van der Waals surface area contributed by atoms with Crippen LogP contribution in [0.4, 0.5) is 5.69 Å². The van der Waals surface area contributed by atoms with Gasteiger partial charge in [0.1, 0.15) is 0 Å². The summed E-state index contributed by atoms with van der Waals surface area (Å²) in [6.45, 7) is 9.86. The molecule has 1 aromatic rings. The predicted molar refractivity (Wildman–Crippen MR) is 66.7 cm³/mol. The molecule has 1 aromatic heterocycles. The molecule has 1 fully saturated rings. The Hall–Kier alpha value is -1.80. The van der Waals surface area contributed by atoms with Crippen LogP contribution in [-0.2, 0) is 0 Å². The van der Waals surface area contributed by atoms with E-state index in [-0.39, 0.29) is 11.6 Å². The highest BCUT2D eigenvalue weighted by Crippen LogP contribution is 2.19. The molecule has 0 radical (unpaired) electrons. The quantitative estimate of drug-likeness (QED) is 0.776. The summed E-state index contributed by atoms with van der Waals surface area (Å²) in [5.74, 6) is 0. The number of aromatic nitrogens is 1. The third kappa shape index (κ3) is 2.48. The van der Waals surface area contributed by atoms with Crippen molar-refractivity contribution in [2.45, 2.75) is 12.5 Å². The lowest BCUT2D eigenvalue weighted by Gasteiger charge is -2.15. The number of anilines is 1. The molecule has 0 amide bonds. The first-order valence-electron chi connectivity index (χ1n) is 5.74. The van der Waals surface area contributed by atoms with Crippen molar-refractivity contribution in [2.24, 2.45) is 0 Å². The van der Waals surface area contributed by atoms with Crippen molar-refractivity contribution in [3.05, 3.63) is 40.1 Å². The van der Waals surface area contributed by atoms with E-state index in [1.807, 2.05) is 0 Å². The van der Waals surface area contributed by atoms with Crippen molar-refractivity contribution in [3.63, 3.8) is 0 Å². The molecular weight excluding hydrogens is 216 g/mol. The number of pyridine rings is 1. The van der Waals surface area contributed by atoms with Crippen molar-refractivity contribution in [2.75, 3.05) is 31.9 Å². The van der Waals surface area contributed by atoms with Crippen molar-refractivity contribution in [1.82, 2.24) is 9.47 Å². The predicted octanol–water partition coefficient (Wildman–Crippen LogP) is 0.597. The zero-order valence-electron chi connectivity index (χ0n) is 9.67. The van der Waals surface area contributed by atoms with Crippen molar-refractivity contribution in [1.29, 1.82) is 0 Å². The van der Waals surface area contributed by atoms with E-state index < -0.39 is 0 Å². The topological polar surface area (TPSA) is 55.6 Å². The summed E-state index contributed by atoms with van der Waals surface area (Å²) in [6, 6.07) is 3.63. The van der Waals surface area contributed by atoms with Gasteiger partial charge in [-0.3, -0.25) is 9.69 Å². The van der Waals surface area contributed by atoms with Crippen LogP contribution in [0.5, 0.6) is 0 Å². The van der Waals surface area contributed by atoms with Crippen molar-refractivity contribution < 1.29 is 0 Å². The van der Waals surface area contributed by atoms with E-state index in [2.05, 4.69) is 9.74 Å². The minimum Gasteiger partial charge on any atom is -0.394 e. The summed E-state index contributed by atoms with van der Waals surface area (Å²) in [5, 5.41) is 0. The van der Waals surface area contributed by atoms with Gasteiger partial charge in [0.05, 0.1) is 18.3 Å². The summed E-state index contributed by atoms with van der Waals surface area (Å²) in [7, 11) is 0. The van der Waals surface area contributed by atoms with Gasteiger partial charge in [0.2, 0.25) is 6.54 Å². The molecule has 1 aliphatic heterocycles. The molecule has 90 valence electrons. The smallest absolute Gasteiger partial charge is 0.273 e. The second kappa shape index (κ2) is 5.02. The van der Waals surface area contributed by atoms with E-state index in [9.17, 15) is 4.79 Å². The maximum absolute atomic E-state index is 11.8. The SMILES string of the molecule is [C-]#[N+]CCN1CC[C@H](n2cccc(N)c2=O)C1. The fourth-order valence-corrected chi connectivity index (χ4v) is 2.25. The van der Waals surface area contributed by atoms with E-state index in [1.54, 1.807) is 22.9 Å². The van der Waals surface area contributed by atoms with Crippen LogP contribution in [0.25, 0.3) is 4.85 Å². The highest BCUT2D eigenvalue weighted by molar-refractivity contribution is 5.33. The number of hydrogen-bond donors (Lipinski definition) is 1. The molecule has 0 saturated carbocycles. The van der Waals surface area contributed by atoms with Gasteiger partial charge in [-0.1, -0.05) is 0 Å². The summed E-state index contributed by atoms with van der Waals surface area (Å²) >= 11 is 0. The van der Waals surface area contributed by atoms with Gasteiger partial charge in [-0.25, -0.2) is 6.57 Å². The molecule has 0 aromatic carbocycles. The van der Waals surface area contributed by atoms with Crippen molar-refractivity contribution in [3.8, 4) is 0 Å². The van der Waals surface area contributed by atoms with Crippen LogP contribution in [0.3, 0.4) is 0 Å². The van der Waals surface area contributed by atoms with E-state index in [1.165, 1.54) is 0 Å². The first-order chi connectivity index (χ1) is 8.22. The van der Waals surface area contributed by atoms with E-state index in [0.29, 0.717) is 12.2 Å². The van der Waals surface area contributed by atoms with Crippen LogP contribution in [-0.4, -0.2) is 35.6 Å². The number of hydrogen-bond acceptors (Lipinski definition) is 3. The van der Waals surface area contributed by atoms with Gasteiger partial charge < -0.3 is 15.1 Å².